The fraction of sp³-hybridized carbons (Fsp3) is 0.316. The summed E-state index contributed by atoms with van der Waals surface area (Å²) >= 11 is 0. The van der Waals surface area contributed by atoms with E-state index in [1.54, 1.807) is 0 Å². The Balaban J connectivity index is 2.31. The van der Waals surface area contributed by atoms with Gasteiger partial charge in [0, 0.05) is 5.56 Å². The molecule has 2 aromatic carbocycles. The highest BCUT2D eigenvalue weighted by molar-refractivity contribution is 5.99. The first-order valence-electron chi connectivity index (χ1n) is 7.45. The number of aryl methyl sites for hydroxylation is 1. The molecule has 2 nitrogen and oxygen atoms in total. The average Bonchev–Trinajstić information content (AvgIpc) is 2.47. The largest absolute Gasteiger partial charge is 0.383 e. The van der Waals surface area contributed by atoms with Crippen molar-refractivity contribution in [2.75, 3.05) is 0 Å². The second kappa shape index (κ2) is 6.13. The summed E-state index contributed by atoms with van der Waals surface area (Å²) in [6.45, 7) is 8.74. The van der Waals surface area contributed by atoms with Crippen molar-refractivity contribution in [1.82, 2.24) is 0 Å². The van der Waals surface area contributed by atoms with Crippen molar-refractivity contribution in [1.29, 1.82) is 0 Å². The molecule has 0 bridgehead atoms. The van der Waals surface area contributed by atoms with Gasteiger partial charge >= 0.3 is 0 Å². The first kappa shape index (κ1) is 15.3. The Labute approximate surface area is 127 Å². The maximum Gasteiger partial charge on any atom is 0.131 e. The van der Waals surface area contributed by atoms with Crippen molar-refractivity contribution in [3.05, 3.63) is 65.2 Å². The van der Waals surface area contributed by atoms with E-state index in [1.807, 2.05) is 30.3 Å². The Bertz CT molecular complexity index is 631. The summed E-state index contributed by atoms with van der Waals surface area (Å²) < 4.78 is 0. The van der Waals surface area contributed by atoms with Gasteiger partial charge in [-0.1, -0.05) is 70.2 Å². The fourth-order valence-electron chi connectivity index (χ4n) is 2.25. The van der Waals surface area contributed by atoms with Crippen LogP contribution in [0.1, 0.15) is 44.4 Å². The summed E-state index contributed by atoms with van der Waals surface area (Å²) in [7, 11) is 0. The number of amidine groups is 1. The lowest BCUT2D eigenvalue weighted by atomic mass is 9.86. The van der Waals surface area contributed by atoms with E-state index in [-0.39, 0.29) is 5.41 Å². The van der Waals surface area contributed by atoms with Crippen LogP contribution in [0.5, 0.6) is 0 Å². The third-order valence-electron chi connectivity index (χ3n) is 3.66. The molecule has 0 amide bonds. The van der Waals surface area contributed by atoms with E-state index >= 15 is 0 Å². The molecule has 0 aromatic heterocycles. The average molecular weight is 280 g/mol. The van der Waals surface area contributed by atoms with Crippen molar-refractivity contribution in [3.8, 4) is 0 Å². The first-order chi connectivity index (χ1) is 9.91. The van der Waals surface area contributed by atoms with E-state index in [0.29, 0.717) is 5.84 Å². The van der Waals surface area contributed by atoms with Gasteiger partial charge in [0.15, 0.2) is 0 Å². The van der Waals surface area contributed by atoms with Gasteiger partial charge in [0.2, 0.25) is 0 Å². The van der Waals surface area contributed by atoms with Gasteiger partial charge in [0.1, 0.15) is 5.84 Å². The van der Waals surface area contributed by atoms with Gasteiger partial charge in [-0.2, -0.15) is 0 Å². The van der Waals surface area contributed by atoms with Crippen LogP contribution >= 0.6 is 0 Å². The minimum Gasteiger partial charge on any atom is -0.383 e. The predicted molar refractivity (Wildman–Crippen MR) is 91.3 cm³/mol. The number of aliphatic imine (C=N–C) groups is 1. The summed E-state index contributed by atoms with van der Waals surface area (Å²) in [6.07, 6.45) is 0.954. The zero-order chi connectivity index (χ0) is 15.5. The highest BCUT2D eigenvalue weighted by Crippen LogP contribution is 2.23. The minimum atomic E-state index is 0.152. The van der Waals surface area contributed by atoms with Crippen LogP contribution in [0.25, 0.3) is 0 Å². The second-order valence-electron chi connectivity index (χ2n) is 6.31. The topological polar surface area (TPSA) is 38.4 Å². The molecule has 0 aliphatic rings. The molecule has 0 heterocycles. The minimum absolute atomic E-state index is 0.152. The zero-order valence-electron chi connectivity index (χ0n) is 13.4. The number of nitrogens with two attached hydrogens (primary N) is 1. The molecule has 110 valence electrons. The van der Waals surface area contributed by atoms with Gasteiger partial charge in [-0.3, -0.25) is 0 Å². The van der Waals surface area contributed by atoms with Crippen molar-refractivity contribution in [3.63, 3.8) is 0 Å². The zero-order valence-corrected chi connectivity index (χ0v) is 13.4. The molecule has 2 aromatic rings. The number of para-hydroxylation sites is 1. The standard InChI is InChI=1S/C19H24N2/c1-5-14-8-6-7-9-17(14)21-18(20)15-10-12-16(13-11-15)19(2,3)4/h6-13H,5H2,1-4H3,(H2,20,21). The molecule has 0 aliphatic carbocycles. The van der Waals surface area contributed by atoms with Crippen LogP contribution in [0, 0.1) is 0 Å². The highest BCUT2D eigenvalue weighted by atomic mass is 14.9. The molecule has 0 unspecified atom stereocenters. The molecule has 0 aliphatic heterocycles. The molecule has 0 fully saturated rings. The lowest BCUT2D eigenvalue weighted by Gasteiger charge is -2.19. The van der Waals surface area contributed by atoms with Crippen LogP contribution in [0.2, 0.25) is 0 Å². The summed E-state index contributed by atoms with van der Waals surface area (Å²) in [5, 5.41) is 0. The van der Waals surface area contributed by atoms with E-state index in [0.717, 1.165) is 17.7 Å². The molecule has 0 atom stereocenters. The van der Waals surface area contributed by atoms with Gasteiger partial charge in [0.25, 0.3) is 0 Å². The van der Waals surface area contributed by atoms with Crippen LogP contribution in [0.4, 0.5) is 5.69 Å². The van der Waals surface area contributed by atoms with Gasteiger partial charge in [-0.05, 0) is 29.0 Å². The van der Waals surface area contributed by atoms with Gasteiger partial charge in [-0.15, -0.1) is 0 Å². The van der Waals surface area contributed by atoms with E-state index in [1.165, 1.54) is 11.1 Å². The number of hydrogen-bond donors (Lipinski definition) is 1. The third kappa shape index (κ3) is 3.72. The number of hydrogen-bond acceptors (Lipinski definition) is 1. The van der Waals surface area contributed by atoms with Crippen molar-refractivity contribution in [2.45, 2.75) is 39.5 Å². The molecule has 2 heteroatoms. The SMILES string of the molecule is CCc1ccccc1/N=C(/N)c1ccc(C(C)(C)C)cc1. The van der Waals surface area contributed by atoms with Crippen LogP contribution in [0.3, 0.4) is 0 Å². The number of rotatable bonds is 3. The summed E-state index contributed by atoms with van der Waals surface area (Å²) in [4.78, 5) is 4.59. The van der Waals surface area contributed by atoms with E-state index in [2.05, 4.69) is 50.9 Å². The van der Waals surface area contributed by atoms with Crippen molar-refractivity contribution < 1.29 is 0 Å². The van der Waals surface area contributed by atoms with Crippen LogP contribution < -0.4 is 5.73 Å². The van der Waals surface area contributed by atoms with Crippen LogP contribution in [0.15, 0.2) is 53.5 Å². The molecular formula is C19H24N2. The molecule has 2 rings (SSSR count). The Morgan fingerprint density at radius 1 is 1.00 bits per heavy atom. The Morgan fingerprint density at radius 2 is 1.62 bits per heavy atom. The number of benzene rings is 2. The molecule has 21 heavy (non-hydrogen) atoms. The van der Waals surface area contributed by atoms with E-state index < -0.39 is 0 Å². The fourth-order valence-corrected chi connectivity index (χ4v) is 2.25. The third-order valence-corrected chi connectivity index (χ3v) is 3.66. The normalized spacial score (nSPS) is 12.5. The Morgan fingerprint density at radius 3 is 2.19 bits per heavy atom. The van der Waals surface area contributed by atoms with Crippen molar-refractivity contribution in [2.24, 2.45) is 10.7 Å². The molecule has 0 saturated heterocycles. The van der Waals surface area contributed by atoms with Crippen LogP contribution in [-0.4, -0.2) is 5.84 Å². The van der Waals surface area contributed by atoms with Gasteiger partial charge in [-0.25, -0.2) is 4.99 Å². The first-order valence-corrected chi connectivity index (χ1v) is 7.45. The molecule has 0 radical (unpaired) electrons. The maximum atomic E-state index is 6.16. The number of nitrogens with zero attached hydrogens (tertiary/aromatic N) is 1. The Kier molecular flexibility index (Phi) is 4.46. The van der Waals surface area contributed by atoms with E-state index in [4.69, 9.17) is 5.73 Å². The van der Waals surface area contributed by atoms with Gasteiger partial charge in [0.05, 0.1) is 5.69 Å². The predicted octanol–water partition coefficient (Wildman–Crippen LogP) is 4.58. The van der Waals surface area contributed by atoms with Gasteiger partial charge < -0.3 is 5.73 Å². The van der Waals surface area contributed by atoms with Crippen molar-refractivity contribution >= 4 is 11.5 Å². The monoisotopic (exact) mass is 280 g/mol. The molecular weight excluding hydrogens is 256 g/mol. The smallest absolute Gasteiger partial charge is 0.131 e. The summed E-state index contributed by atoms with van der Waals surface area (Å²) in [6, 6.07) is 16.5. The lowest BCUT2D eigenvalue weighted by Crippen LogP contribution is -2.15. The molecule has 0 saturated carbocycles. The molecule has 0 spiro atoms. The Hall–Kier alpha value is -2.09. The summed E-state index contributed by atoms with van der Waals surface area (Å²) in [5.74, 6) is 0.566. The lowest BCUT2D eigenvalue weighted by molar-refractivity contribution is 0.590. The van der Waals surface area contributed by atoms with Crippen LogP contribution in [-0.2, 0) is 11.8 Å². The van der Waals surface area contributed by atoms with E-state index in [9.17, 15) is 0 Å². The summed E-state index contributed by atoms with van der Waals surface area (Å²) in [5.41, 5.74) is 10.7. The quantitative estimate of drug-likeness (QED) is 0.648. The maximum absolute atomic E-state index is 6.16. The highest BCUT2D eigenvalue weighted by Gasteiger charge is 2.13. The molecule has 2 N–H and O–H groups in total. The second-order valence-corrected chi connectivity index (χ2v) is 6.31.